The topological polar surface area (TPSA) is 29.1 Å². The van der Waals surface area contributed by atoms with E-state index in [-0.39, 0.29) is 11.2 Å². The van der Waals surface area contributed by atoms with Gasteiger partial charge >= 0.3 is 0 Å². The van der Waals surface area contributed by atoms with Crippen molar-refractivity contribution in [2.75, 3.05) is 22.6 Å². The van der Waals surface area contributed by atoms with E-state index < -0.39 is 0 Å². The summed E-state index contributed by atoms with van der Waals surface area (Å²) < 4.78 is 1.02. The van der Waals surface area contributed by atoms with Crippen molar-refractivity contribution in [2.45, 2.75) is 5.25 Å². The van der Waals surface area contributed by atoms with Gasteiger partial charge in [-0.15, -0.1) is 11.8 Å². The number of nitrogens with one attached hydrogen (secondary N) is 1. The molecule has 1 heterocycles. The van der Waals surface area contributed by atoms with Crippen molar-refractivity contribution in [3.05, 3.63) is 28.7 Å². The van der Waals surface area contributed by atoms with Gasteiger partial charge in [-0.3, -0.25) is 4.79 Å². The average molecular weight is 318 g/mol. The zero-order chi connectivity index (χ0) is 11.4. The van der Waals surface area contributed by atoms with Crippen LogP contribution in [-0.2, 0) is 4.79 Å². The number of hydrogen-bond donors (Lipinski definition) is 1. The molecule has 16 heavy (non-hydrogen) atoms. The second-order valence-corrected chi connectivity index (χ2v) is 6.81. The van der Waals surface area contributed by atoms with E-state index in [0.29, 0.717) is 0 Å². The highest BCUT2D eigenvalue weighted by atomic mass is 79.9. The number of thioether (sulfide) groups is 2. The number of amides is 1. The molecule has 1 saturated heterocycles. The van der Waals surface area contributed by atoms with Crippen LogP contribution in [0.2, 0.25) is 0 Å². The van der Waals surface area contributed by atoms with E-state index in [0.717, 1.165) is 27.4 Å². The standard InChI is InChI=1S/C11H12BrNOS2/c12-8-1-3-9(4-2-8)13-11(14)10-7-15-5-6-16-10/h1-4,10H,5-7H2,(H,13,14). The molecule has 1 aromatic rings. The van der Waals surface area contributed by atoms with Crippen LogP contribution in [-0.4, -0.2) is 28.4 Å². The highest BCUT2D eigenvalue weighted by Gasteiger charge is 2.21. The molecule has 0 radical (unpaired) electrons. The Bertz CT molecular complexity index is 363. The molecule has 5 heteroatoms. The quantitative estimate of drug-likeness (QED) is 0.908. The number of benzene rings is 1. The van der Waals surface area contributed by atoms with Crippen LogP contribution in [0.4, 0.5) is 5.69 Å². The highest BCUT2D eigenvalue weighted by Crippen LogP contribution is 2.25. The normalized spacial score (nSPS) is 20.4. The Balaban J connectivity index is 1.93. The van der Waals surface area contributed by atoms with Gasteiger partial charge in [-0.1, -0.05) is 15.9 Å². The highest BCUT2D eigenvalue weighted by molar-refractivity contribution is 9.10. The third-order valence-electron chi connectivity index (χ3n) is 2.22. The van der Waals surface area contributed by atoms with Crippen LogP contribution in [0.5, 0.6) is 0 Å². The Morgan fingerprint density at radius 1 is 1.31 bits per heavy atom. The molecule has 1 atom stereocenters. The third kappa shape index (κ3) is 3.43. The number of carbonyl (C=O) groups excluding carboxylic acids is 1. The Hall–Kier alpha value is -0.130. The number of hydrogen-bond acceptors (Lipinski definition) is 3. The lowest BCUT2D eigenvalue weighted by Crippen LogP contribution is -2.30. The van der Waals surface area contributed by atoms with Crippen LogP contribution in [0.15, 0.2) is 28.7 Å². The second kappa shape index (κ2) is 5.98. The minimum Gasteiger partial charge on any atom is -0.325 e. The summed E-state index contributed by atoms with van der Waals surface area (Å²) >= 11 is 6.97. The van der Waals surface area contributed by atoms with E-state index in [1.807, 2.05) is 36.0 Å². The summed E-state index contributed by atoms with van der Waals surface area (Å²) in [6.07, 6.45) is 0. The monoisotopic (exact) mass is 317 g/mol. The first-order valence-electron chi connectivity index (χ1n) is 5.01. The summed E-state index contributed by atoms with van der Waals surface area (Å²) in [6.45, 7) is 0. The third-order valence-corrected chi connectivity index (χ3v) is 5.50. The van der Waals surface area contributed by atoms with Crippen LogP contribution in [0, 0.1) is 0 Å². The molecule has 0 spiro atoms. The molecule has 86 valence electrons. The van der Waals surface area contributed by atoms with E-state index in [2.05, 4.69) is 21.2 Å². The van der Waals surface area contributed by atoms with Gasteiger partial charge in [0.05, 0.1) is 5.25 Å². The minimum atomic E-state index is 0.0994. The number of anilines is 1. The fraction of sp³-hybridized carbons (Fsp3) is 0.364. The molecule has 0 aliphatic carbocycles. The minimum absolute atomic E-state index is 0.0994. The fourth-order valence-corrected chi connectivity index (χ4v) is 4.22. The Morgan fingerprint density at radius 3 is 2.69 bits per heavy atom. The summed E-state index contributed by atoms with van der Waals surface area (Å²) in [5, 5.41) is 3.04. The van der Waals surface area contributed by atoms with Crippen LogP contribution in [0.3, 0.4) is 0 Å². The molecule has 2 rings (SSSR count). The smallest absolute Gasteiger partial charge is 0.238 e. The molecular weight excluding hydrogens is 306 g/mol. The fourth-order valence-electron chi connectivity index (χ4n) is 1.40. The van der Waals surface area contributed by atoms with Gasteiger partial charge in [0, 0.05) is 27.4 Å². The number of carbonyl (C=O) groups is 1. The molecule has 1 N–H and O–H groups in total. The Labute approximate surface area is 112 Å². The molecule has 1 aliphatic rings. The van der Waals surface area contributed by atoms with Gasteiger partial charge < -0.3 is 5.32 Å². The van der Waals surface area contributed by atoms with E-state index >= 15 is 0 Å². The van der Waals surface area contributed by atoms with Crippen molar-refractivity contribution < 1.29 is 4.79 Å². The molecule has 1 aromatic carbocycles. The molecule has 0 bridgehead atoms. The van der Waals surface area contributed by atoms with E-state index in [9.17, 15) is 4.79 Å². The molecular formula is C11H12BrNOS2. The van der Waals surface area contributed by atoms with E-state index in [1.54, 1.807) is 11.8 Å². The number of rotatable bonds is 2. The second-order valence-electron chi connectivity index (χ2n) is 3.43. The predicted octanol–water partition coefficient (Wildman–Crippen LogP) is 3.24. The van der Waals surface area contributed by atoms with Gasteiger partial charge in [0.15, 0.2) is 0 Å². The zero-order valence-corrected chi connectivity index (χ0v) is 11.8. The maximum atomic E-state index is 11.9. The van der Waals surface area contributed by atoms with Crippen LogP contribution in [0.1, 0.15) is 0 Å². The van der Waals surface area contributed by atoms with Crippen molar-refractivity contribution in [2.24, 2.45) is 0 Å². The maximum absolute atomic E-state index is 11.9. The van der Waals surface area contributed by atoms with Crippen molar-refractivity contribution in [3.63, 3.8) is 0 Å². The van der Waals surface area contributed by atoms with Gasteiger partial charge in [0.1, 0.15) is 0 Å². The zero-order valence-electron chi connectivity index (χ0n) is 8.61. The van der Waals surface area contributed by atoms with Crippen molar-refractivity contribution >= 4 is 51.0 Å². The number of halogens is 1. The summed E-state index contributed by atoms with van der Waals surface area (Å²) in [4.78, 5) is 11.9. The van der Waals surface area contributed by atoms with Gasteiger partial charge in [-0.05, 0) is 24.3 Å². The first-order valence-corrected chi connectivity index (χ1v) is 8.01. The predicted molar refractivity (Wildman–Crippen MR) is 76.3 cm³/mol. The summed E-state index contributed by atoms with van der Waals surface area (Å²) in [7, 11) is 0. The lowest BCUT2D eigenvalue weighted by molar-refractivity contribution is -0.115. The van der Waals surface area contributed by atoms with Crippen molar-refractivity contribution in [3.8, 4) is 0 Å². The molecule has 1 amide bonds. The van der Waals surface area contributed by atoms with Crippen LogP contribution >= 0.6 is 39.5 Å². The molecule has 1 fully saturated rings. The molecule has 0 saturated carbocycles. The molecule has 2 nitrogen and oxygen atoms in total. The van der Waals surface area contributed by atoms with E-state index in [1.165, 1.54) is 0 Å². The molecule has 1 unspecified atom stereocenters. The largest absolute Gasteiger partial charge is 0.325 e. The summed E-state index contributed by atoms with van der Waals surface area (Å²) in [6, 6.07) is 7.67. The van der Waals surface area contributed by atoms with Crippen molar-refractivity contribution in [1.29, 1.82) is 0 Å². The van der Waals surface area contributed by atoms with Crippen LogP contribution in [0.25, 0.3) is 0 Å². The molecule has 1 aliphatic heterocycles. The first kappa shape index (κ1) is 12.3. The van der Waals surface area contributed by atoms with E-state index in [4.69, 9.17) is 0 Å². The maximum Gasteiger partial charge on any atom is 0.238 e. The summed E-state index contributed by atoms with van der Waals surface area (Å²) in [5.74, 6) is 3.28. The Kier molecular flexibility index (Phi) is 4.61. The van der Waals surface area contributed by atoms with Gasteiger partial charge in [-0.2, -0.15) is 11.8 Å². The van der Waals surface area contributed by atoms with Gasteiger partial charge in [0.25, 0.3) is 0 Å². The van der Waals surface area contributed by atoms with Gasteiger partial charge in [-0.25, -0.2) is 0 Å². The summed E-state index contributed by atoms with van der Waals surface area (Å²) in [5.41, 5.74) is 0.865. The first-order chi connectivity index (χ1) is 7.75. The lowest BCUT2D eigenvalue weighted by Gasteiger charge is -2.20. The SMILES string of the molecule is O=C(Nc1ccc(Br)cc1)C1CSCCS1. The van der Waals surface area contributed by atoms with Crippen molar-refractivity contribution in [1.82, 2.24) is 0 Å². The van der Waals surface area contributed by atoms with Gasteiger partial charge in [0.2, 0.25) is 5.91 Å². The average Bonchev–Trinajstić information content (AvgIpc) is 2.33. The van der Waals surface area contributed by atoms with Crippen LogP contribution < -0.4 is 5.32 Å². The molecule has 0 aromatic heterocycles. The Morgan fingerprint density at radius 2 is 2.06 bits per heavy atom. The lowest BCUT2D eigenvalue weighted by atomic mass is 10.3.